The molecule has 2 aliphatic heterocycles. The summed E-state index contributed by atoms with van der Waals surface area (Å²) in [5, 5.41) is 3.23. The normalized spacial score (nSPS) is 20.3. The van der Waals surface area contributed by atoms with Crippen LogP contribution in [0, 0.1) is 0 Å². The summed E-state index contributed by atoms with van der Waals surface area (Å²) in [5.41, 5.74) is 0. The highest BCUT2D eigenvalue weighted by Gasteiger charge is 2.21. The van der Waals surface area contributed by atoms with E-state index in [9.17, 15) is 9.59 Å². The Morgan fingerprint density at radius 2 is 1.40 bits per heavy atom. The number of hydrogen-bond donors (Lipinski definition) is 1. The lowest BCUT2D eigenvalue weighted by Gasteiger charge is -2.31. The minimum atomic E-state index is 0.125. The van der Waals surface area contributed by atoms with Crippen LogP contribution in [0.5, 0.6) is 0 Å². The van der Waals surface area contributed by atoms with E-state index in [1.807, 2.05) is 21.7 Å². The van der Waals surface area contributed by atoms with Gasteiger partial charge in [0.1, 0.15) is 0 Å². The maximum atomic E-state index is 12.1. The van der Waals surface area contributed by atoms with Crippen LogP contribution in [-0.4, -0.2) is 85.9 Å². The second-order valence-corrected chi connectivity index (χ2v) is 5.74. The van der Waals surface area contributed by atoms with Crippen molar-refractivity contribution in [1.29, 1.82) is 0 Å². The van der Waals surface area contributed by atoms with Gasteiger partial charge in [-0.3, -0.25) is 14.5 Å². The molecule has 0 bridgehead atoms. The summed E-state index contributed by atoms with van der Waals surface area (Å²) < 4.78 is 0. The lowest BCUT2D eigenvalue weighted by Crippen LogP contribution is -2.50. The van der Waals surface area contributed by atoms with Crippen LogP contribution >= 0.6 is 0 Å². The summed E-state index contributed by atoms with van der Waals surface area (Å²) in [5.74, 6) is 0.278. The van der Waals surface area contributed by atoms with Gasteiger partial charge in [-0.15, -0.1) is 0 Å². The molecule has 2 rings (SSSR count). The highest BCUT2D eigenvalue weighted by atomic mass is 16.2. The SMILES string of the molecule is CN(CC(=O)N1CCCCC1)CC(=O)N1CCNCC1. The number of carbonyl (C=O) groups is 2. The molecule has 2 amide bonds. The fourth-order valence-electron chi connectivity index (χ4n) is 2.78. The van der Waals surface area contributed by atoms with E-state index in [0.717, 1.165) is 52.1 Å². The summed E-state index contributed by atoms with van der Waals surface area (Å²) in [7, 11) is 1.85. The molecule has 0 unspecified atom stereocenters. The van der Waals surface area contributed by atoms with Gasteiger partial charge in [-0.1, -0.05) is 0 Å². The van der Waals surface area contributed by atoms with Crippen molar-refractivity contribution in [3.63, 3.8) is 0 Å². The average molecular weight is 282 g/mol. The number of hydrogen-bond acceptors (Lipinski definition) is 4. The zero-order chi connectivity index (χ0) is 14.4. The molecule has 2 heterocycles. The first-order chi connectivity index (χ1) is 9.66. The molecule has 0 saturated carbocycles. The van der Waals surface area contributed by atoms with Crippen molar-refractivity contribution in [2.24, 2.45) is 0 Å². The third-order valence-corrected chi connectivity index (χ3v) is 3.99. The summed E-state index contributed by atoms with van der Waals surface area (Å²) >= 11 is 0. The average Bonchev–Trinajstić information content (AvgIpc) is 2.49. The van der Waals surface area contributed by atoms with Crippen molar-refractivity contribution in [1.82, 2.24) is 20.0 Å². The zero-order valence-corrected chi connectivity index (χ0v) is 12.4. The third kappa shape index (κ3) is 4.45. The van der Waals surface area contributed by atoms with Crippen LogP contribution < -0.4 is 5.32 Å². The van der Waals surface area contributed by atoms with E-state index in [4.69, 9.17) is 0 Å². The molecule has 20 heavy (non-hydrogen) atoms. The Morgan fingerprint density at radius 1 is 0.900 bits per heavy atom. The maximum Gasteiger partial charge on any atom is 0.236 e. The van der Waals surface area contributed by atoms with Gasteiger partial charge in [0.05, 0.1) is 13.1 Å². The number of amides is 2. The molecule has 2 saturated heterocycles. The van der Waals surface area contributed by atoms with Crippen LogP contribution in [0.4, 0.5) is 0 Å². The molecule has 114 valence electrons. The molecule has 2 fully saturated rings. The number of piperidine rings is 1. The van der Waals surface area contributed by atoms with E-state index < -0.39 is 0 Å². The Hall–Kier alpha value is -1.14. The second-order valence-electron chi connectivity index (χ2n) is 5.74. The first-order valence-corrected chi connectivity index (χ1v) is 7.61. The summed E-state index contributed by atoms with van der Waals surface area (Å²) in [6, 6.07) is 0. The number of rotatable bonds is 4. The molecule has 0 radical (unpaired) electrons. The molecule has 0 aromatic rings. The Labute approximate surface area is 121 Å². The minimum Gasteiger partial charge on any atom is -0.342 e. The van der Waals surface area contributed by atoms with Crippen molar-refractivity contribution in [3.05, 3.63) is 0 Å². The van der Waals surface area contributed by atoms with Crippen LogP contribution in [-0.2, 0) is 9.59 Å². The Kier molecular flexibility index (Phi) is 5.79. The molecule has 6 heteroatoms. The summed E-state index contributed by atoms with van der Waals surface area (Å²) in [6.45, 7) is 5.69. The van der Waals surface area contributed by atoms with Crippen LogP contribution in [0.2, 0.25) is 0 Å². The fraction of sp³-hybridized carbons (Fsp3) is 0.857. The van der Waals surface area contributed by atoms with Crippen LogP contribution in [0.1, 0.15) is 19.3 Å². The number of likely N-dealkylation sites (tertiary alicyclic amines) is 1. The predicted molar refractivity (Wildman–Crippen MR) is 77.4 cm³/mol. The van der Waals surface area contributed by atoms with Gasteiger partial charge in [0.2, 0.25) is 11.8 Å². The number of nitrogens with one attached hydrogen (secondary N) is 1. The van der Waals surface area contributed by atoms with E-state index in [1.54, 1.807) is 0 Å². The Bertz CT molecular complexity index is 304. The summed E-state index contributed by atoms with van der Waals surface area (Å²) in [6.07, 6.45) is 3.44. The molecule has 0 atom stereocenters. The lowest BCUT2D eigenvalue weighted by atomic mass is 10.1. The van der Waals surface area contributed by atoms with Gasteiger partial charge >= 0.3 is 0 Å². The zero-order valence-electron chi connectivity index (χ0n) is 12.4. The van der Waals surface area contributed by atoms with Crippen molar-refractivity contribution >= 4 is 11.8 Å². The van der Waals surface area contributed by atoms with Gasteiger partial charge in [-0.25, -0.2) is 0 Å². The molecular formula is C14H26N4O2. The van der Waals surface area contributed by atoms with Crippen molar-refractivity contribution in [3.8, 4) is 0 Å². The second kappa shape index (κ2) is 7.59. The predicted octanol–water partition coefficient (Wildman–Crippen LogP) is -0.637. The third-order valence-electron chi connectivity index (χ3n) is 3.99. The first kappa shape index (κ1) is 15.3. The van der Waals surface area contributed by atoms with Crippen LogP contribution in [0.3, 0.4) is 0 Å². The lowest BCUT2D eigenvalue weighted by molar-refractivity contribution is -0.135. The van der Waals surface area contributed by atoms with E-state index in [1.165, 1.54) is 6.42 Å². The van der Waals surface area contributed by atoms with Gasteiger partial charge in [0.25, 0.3) is 0 Å². The number of likely N-dealkylation sites (N-methyl/N-ethyl adjacent to an activating group) is 1. The van der Waals surface area contributed by atoms with Crippen molar-refractivity contribution in [2.75, 3.05) is 59.4 Å². The molecule has 6 nitrogen and oxygen atoms in total. The monoisotopic (exact) mass is 282 g/mol. The van der Waals surface area contributed by atoms with E-state index >= 15 is 0 Å². The topological polar surface area (TPSA) is 55.9 Å². The first-order valence-electron chi connectivity index (χ1n) is 7.61. The molecule has 0 aliphatic carbocycles. The van der Waals surface area contributed by atoms with E-state index in [-0.39, 0.29) is 11.8 Å². The van der Waals surface area contributed by atoms with Gasteiger partial charge < -0.3 is 15.1 Å². The molecule has 0 aromatic heterocycles. The minimum absolute atomic E-state index is 0.125. The molecular weight excluding hydrogens is 256 g/mol. The van der Waals surface area contributed by atoms with Crippen LogP contribution in [0.25, 0.3) is 0 Å². The van der Waals surface area contributed by atoms with E-state index in [0.29, 0.717) is 13.1 Å². The number of nitrogens with zero attached hydrogens (tertiary/aromatic N) is 3. The van der Waals surface area contributed by atoms with Crippen molar-refractivity contribution < 1.29 is 9.59 Å². The maximum absolute atomic E-state index is 12.1. The molecule has 0 spiro atoms. The number of carbonyl (C=O) groups excluding carboxylic acids is 2. The molecule has 1 N–H and O–H groups in total. The van der Waals surface area contributed by atoms with Gasteiger partial charge in [0, 0.05) is 39.3 Å². The summed E-state index contributed by atoms with van der Waals surface area (Å²) in [4.78, 5) is 29.8. The van der Waals surface area contributed by atoms with Gasteiger partial charge in [0.15, 0.2) is 0 Å². The molecule has 2 aliphatic rings. The smallest absolute Gasteiger partial charge is 0.236 e. The quantitative estimate of drug-likeness (QED) is 0.745. The van der Waals surface area contributed by atoms with E-state index in [2.05, 4.69) is 5.32 Å². The number of piperazine rings is 1. The highest BCUT2D eigenvalue weighted by Crippen LogP contribution is 2.09. The Balaban J connectivity index is 1.72. The van der Waals surface area contributed by atoms with Gasteiger partial charge in [-0.05, 0) is 26.3 Å². The fourth-order valence-corrected chi connectivity index (χ4v) is 2.78. The van der Waals surface area contributed by atoms with Crippen molar-refractivity contribution in [2.45, 2.75) is 19.3 Å². The highest BCUT2D eigenvalue weighted by molar-refractivity contribution is 5.81. The largest absolute Gasteiger partial charge is 0.342 e. The molecule has 0 aromatic carbocycles. The van der Waals surface area contributed by atoms with Crippen LogP contribution in [0.15, 0.2) is 0 Å². The Morgan fingerprint density at radius 3 is 1.95 bits per heavy atom. The van der Waals surface area contributed by atoms with Gasteiger partial charge in [-0.2, -0.15) is 0 Å². The standard InChI is InChI=1S/C14H26N4O2/c1-16(11-13(19)17-7-3-2-4-8-17)12-14(20)18-9-5-15-6-10-18/h15H,2-12H2,1H3.